The molecule has 4 heteroatoms. The molecule has 1 aromatic heterocycles. The van der Waals surface area contributed by atoms with Crippen molar-refractivity contribution in [1.82, 2.24) is 9.97 Å². The highest BCUT2D eigenvalue weighted by Crippen LogP contribution is 2.16. The molecule has 2 rings (SSSR count). The molecule has 0 bridgehead atoms. The van der Waals surface area contributed by atoms with Crippen molar-refractivity contribution >= 4 is 5.97 Å². The van der Waals surface area contributed by atoms with E-state index < -0.39 is 0 Å². The number of ether oxygens (including phenoxy) is 1. The van der Waals surface area contributed by atoms with Gasteiger partial charge in [0.25, 0.3) is 0 Å². The summed E-state index contributed by atoms with van der Waals surface area (Å²) < 4.78 is 5.43. The summed E-state index contributed by atoms with van der Waals surface area (Å²) in [5.41, 5.74) is 2.10. The van der Waals surface area contributed by atoms with E-state index >= 15 is 0 Å². The minimum Gasteiger partial charge on any atom is -0.427 e. The number of carbonyl (C=O) groups excluding carboxylic acids is 1. The Labute approximate surface area is 163 Å². The Hall–Kier alpha value is -2.23. The first-order chi connectivity index (χ1) is 13.3. The van der Waals surface area contributed by atoms with Crippen LogP contribution in [0.3, 0.4) is 0 Å². The highest BCUT2D eigenvalue weighted by Gasteiger charge is 2.05. The van der Waals surface area contributed by atoms with Crippen LogP contribution < -0.4 is 4.74 Å². The zero-order valence-electron chi connectivity index (χ0n) is 16.5. The van der Waals surface area contributed by atoms with Crippen LogP contribution in [0.1, 0.15) is 82.4 Å². The summed E-state index contributed by atoms with van der Waals surface area (Å²) in [5, 5.41) is 0. The Balaban J connectivity index is 1.57. The van der Waals surface area contributed by atoms with Crippen molar-refractivity contribution in [2.24, 2.45) is 0 Å². The largest absolute Gasteiger partial charge is 0.427 e. The molecule has 0 spiro atoms. The predicted molar refractivity (Wildman–Crippen MR) is 109 cm³/mol. The highest BCUT2D eigenvalue weighted by atomic mass is 16.5. The molecule has 0 radical (unpaired) electrons. The summed E-state index contributed by atoms with van der Waals surface area (Å²) in [5.74, 6) is 0.476. The zero-order valence-corrected chi connectivity index (χ0v) is 16.5. The third-order valence-electron chi connectivity index (χ3n) is 4.67. The summed E-state index contributed by atoms with van der Waals surface area (Å²) in [6.07, 6.45) is 15.8. The van der Waals surface area contributed by atoms with Crippen LogP contribution in [0.4, 0.5) is 0 Å². The number of esters is 1. The molecule has 27 heavy (non-hydrogen) atoms. The van der Waals surface area contributed by atoms with Crippen LogP contribution >= 0.6 is 0 Å². The maximum absolute atomic E-state index is 12.0. The topological polar surface area (TPSA) is 52.1 Å². The lowest BCUT2D eigenvalue weighted by atomic mass is 10.1. The summed E-state index contributed by atoms with van der Waals surface area (Å²) >= 11 is 0. The molecule has 146 valence electrons. The van der Waals surface area contributed by atoms with Crippen LogP contribution in [0.5, 0.6) is 5.75 Å². The van der Waals surface area contributed by atoms with E-state index in [0.717, 1.165) is 30.5 Å². The Bertz CT molecular complexity index is 641. The predicted octanol–water partition coefficient (Wildman–Crippen LogP) is 5.89. The standard InChI is InChI=1S/C23H32N2O2/c1-2-3-4-5-6-7-8-9-10-11-23(26)27-22-14-12-20(13-15-22)18-21-16-17-24-19-25-21/h12-17,19H,2-11,18H2,1H3. The van der Waals surface area contributed by atoms with Crippen LogP contribution in [0.25, 0.3) is 0 Å². The number of nitrogens with zero attached hydrogens (tertiary/aromatic N) is 2. The first-order valence-electron chi connectivity index (χ1n) is 10.3. The van der Waals surface area contributed by atoms with Gasteiger partial charge in [-0.05, 0) is 30.2 Å². The zero-order chi connectivity index (χ0) is 19.2. The molecule has 0 saturated carbocycles. The summed E-state index contributed by atoms with van der Waals surface area (Å²) in [4.78, 5) is 20.1. The van der Waals surface area contributed by atoms with Crippen LogP contribution in [-0.4, -0.2) is 15.9 Å². The van der Waals surface area contributed by atoms with Crippen molar-refractivity contribution in [2.45, 2.75) is 77.6 Å². The summed E-state index contributed by atoms with van der Waals surface area (Å²) in [6.45, 7) is 2.24. The van der Waals surface area contributed by atoms with Gasteiger partial charge in [-0.2, -0.15) is 0 Å². The second-order valence-corrected chi connectivity index (χ2v) is 7.07. The molecule has 0 aliphatic rings. The van der Waals surface area contributed by atoms with Crippen molar-refractivity contribution in [2.75, 3.05) is 0 Å². The van der Waals surface area contributed by atoms with Gasteiger partial charge in [0.15, 0.2) is 0 Å². The van der Waals surface area contributed by atoms with E-state index in [0.29, 0.717) is 12.2 Å². The number of hydrogen-bond donors (Lipinski definition) is 0. The molecular formula is C23H32N2O2. The lowest BCUT2D eigenvalue weighted by Crippen LogP contribution is -2.07. The van der Waals surface area contributed by atoms with E-state index in [1.807, 2.05) is 30.3 Å². The van der Waals surface area contributed by atoms with Gasteiger partial charge in [-0.3, -0.25) is 4.79 Å². The molecule has 0 fully saturated rings. The number of hydrogen-bond acceptors (Lipinski definition) is 4. The Morgan fingerprint density at radius 3 is 2.19 bits per heavy atom. The van der Waals surface area contributed by atoms with Gasteiger partial charge < -0.3 is 4.74 Å². The normalized spacial score (nSPS) is 10.7. The van der Waals surface area contributed by atoms with E-state index in [1.165, 1.54) is 44.9 Å². The molecule has 2 aromatic rings. The second-order valence-electron chi connectivity index (χ2n) is 7.07. The van der Waals surface area contributed by atoms with Gasteiger partial charge in [0.1, 0.15) is 12.1 Å². The van der Waals surface area contributed by atoms with E-state index in [4.69, 9.17) is 4.74 Å². The first kappa shape index (κ1) is 21.1. The number of benzene rings is 1. The maximum Gasteiger partial charge on any atom is 0.311 e. The van der Waals surface area contributed by atoms with E-state index in [1.54, 1.807) is 12.5 Å². The quantitative estimate of drug-likeness (QED) is 0.251. The van der Waals surface area contributed by atoms with Gasteiger partial charge in [0.05, 0.1) is 0 Å². The number of rotatable bonds is 13. The number of aromatic nitrogens is 2. The monoisotopic (exact) mass is 368 g/mol. The van der Waals surface area contributed by atoms with Crippen molar-refractivity contribution in [3.05, 3.63) is 54.1 Å². The smallest absolute Gasteiger partial charge is 0.311 e. The molecule has 0 aliphatic carbocycles. The average Bonchev–Trinajstić information content (AvgIpc) is 2.69. The molecular weight excluding hydrogens is 336 g/mol. The molecule has 0 aliphatic heterocycles. The second kappa shape index (κ2) is 13.0. The fraction of sp³-hybridized carbons (Fsp3) is 0.522. The highest BCUT2D eigenvalue weighted by molar-refractivity contribution is 5.72. The molecule has 0 N–H and O–H groups in total. The Morgan fingerprint density at radius 2 is 1.56 bits per heavy atom. The van der Waals surface area contributed by atoms with Gasteiger partial charge >= 0.3 is 5.97 Å². The molecule has 1 aromatic carbocycles. The van der Waals surface area contributed by atoms with E-state index in [9.17, 15) is 4.79 Å². The lowest BCUT2D eigenvalue weighted by Gasteiger charge is -2.06. The minimum absolute atomic E-state index is 0.138. The van der Waals surface area contributed by atoms with Gasteiger partial charge in [0, 0.05) is 24.7 Å². The SMILES string of the molecule is CCCCCCCCCCCC(=O)Oc1ccc(Cc2ccncn2)cc1. The van der Waals surface area contributed by atoms with Gasteiger partial charge in [-0.25, -0.2) is 9.97 Å². The first-order valence-corrected chi connectivity index (χ1v) is 10.3. The van der Waals surface area contributed by atoms with Crippen LogP contribution in [0.15, 0.2) is 42.9 Å². The van der Waals surface area contributed by atoms with Crippen molar-refractivity contribution < 1.29 is 9.53 Å². The maximum atomic E-state index is 12.0. The molecule has 0 saturated heterocycles. The van der Waals surface area contributed by atoms with Crippen LogP contribution in [0.2, 0.25) is 0 Å². The van der Waals surface area contributed by atoms with E-state index in [2.05, 4.69) is 16.9 Å². The molecule has 0 unspecified atom stereocenters. The summed E-state index contributed by atoms with van der Waals surface area (Å²) in [7, 11) is 0. The fourth-order valence-corrected chi connectivity index (χ4v) is 3.07. The van der Waals surface area contributed by atoms with Gasteiger partial charge in [-0.1, -0.05) is 70.4 Å². The average molecular weight is 369 g/mol. The molecule has 1 heterocycles. The summed E-state index contributed by atoms with van der Waals surface area (Å²) in [6, 6.07) is 9.56. The van der Waals surface area contributed by atoms with Crippen molar-refractivity contribution in [3.63, 3.8) is 0 Å². The third kappa shape index (κ3) is 9.32. The minimum atomic E-state index is -0.138. The Morgan fingerprint density at radius 1 is 0.889 bits per heavy atom. The molecule has 0 amide bonds. The number of unbranched alkanes of at least 4 members (excludes halogenated alkanes) is 8. The van der Waals surface area contributed by atoms with Gasteiger partial charge in [0.2, 0.25) is 0 Å². The Kier molecular flexibility index (Phi) is 10.2. The molecule has 4 nitrogen and oxygen atoms in total. The van der Waals surface area contributed by atoms with Crippen molar-refractivity contribution in [1.29, 1.82) is 0 Å². The molecule has 0 atom stereocenters. The van der Waals surface area contributed by atoms with Crippen LogP contribution in [-0.2, 0) is 11.2 Å². The van der Waals surface area contributed by atoms with Gasteiger partial charge in [-0.15, -0.1) is 0 Å². The third-order valence-corrected chi connectivity index (χ3v) is 4.67. The van der Waals surface area contributed by atoms with Crippen molar-refractivity contribution in [3.8, 4) is 5.75 Å². The fourth-order valence-electron chi connectivity index (χ4n) is 3.07. The van der Waals surface area contributed by atoms with E-state index in [-0.39, 0.29) is 5.97 Å². The van der Waals surface area contributed by atoms with Crippen LogP contribution in [0, 0.1) is 0 Å². The lowest BCUT2D eigenvalue weighted by molar-refractivity contribution is -0.134. The number of carbonyl (C=O) groups is 1.